The third-order valence-corrected chi connectivity index (χ3v) is 3.58. The third-order valence-electron chi connectivity index (χ3n) is 1.98. The van der Waals surface area contributed by atoms with Crippen molar-refractivity contribution in [3.63, 3.8) is 0 Å². The lowest BCUT2D eigenvalue weighted by atomic mass is 10.1. The average molecular weight is 259 g/mol. The van der Waals surface area contributed by atoms with Crippen LogP contribution in [0.3, 0.4) is 0 Å². The fourth-order valence-corrected chi connectivity index (χ4v) is 2.74. The zero-order chi connectivity index (χ0) is 9.84. The maximum absolute atomic E-state index is 3.52. The van der Waals surface area contributed by atoms with Gasteiger partial charge < -0.3 is 0 Å². The van der Waals surface area contributed by atoms with Gasteiger partial charge in [-0.2, -0.15) is 0 Å². The van der Waals surface area contributed by atoms with Crippen LogP contribution in [-0.2, 0) is 0 Å². The molecule has 0 saturated heterocycles. The van der Waals surface area contributed by atoms with Gasteiger partial charge in [0.05, 0.1) is 0 Å². The predicted octanol–water partition coefficient (Wildman–Crippen LogP) is 4.49. The lowest BCUT2D eigenvalue weighted by Crippen LogP contribution is -1.93. The summed E-state index contributed by atoms with van der Waals surface area (Å²) >= 11 is 5.37. The van der Waals surface area contributed by atoms with Gasteiger partial charge in [-0.3, -0.25) is 0 Å². The quantitative estimate of drug-likeness (QED) is 0.701. The minimum atomic E-state index is 0.627. The molecule has 0 radical (unpaired) electrons. The number of halogens is 1. The van der Waals surface area contributed by atoms with E-state index in [9.17, 15) is 0 Å². The maximum atomic E-state index is 3.52. The summed E-state index contributed by atoms with van der Waals surface area (Å²) in [6.45, 7) is 6.60. The molecule has 72 valence electrons. The van der Waals surface area contributed by atoms with Crippen molar-refractivity contribution >= 4 is 33.3 Å². The van der Waals surface area contributed by atoms with Gasteiger partial charge in [-0.25, -0.2) is 0 Å². The second-order valence-corrected chi connectivity index (χ2v) is 5.34. The van der Waals surface area contributed by atoms with Crippen LogP contribution in [0, 0.1) is 12.8 Å². The SMILES string of the molecule is Cc1ccc(C=C(CBr)C(C)C)s1. The Morgan fingerprint density at radius 2 is 2.23 bits per heavy atom. The Hall–Kier alpha value is -0.0800. The van der Waals surface area contributed by atoms with E-state index in [0.29, 0.717) is 5.92 Å². The van der Waals surface area contributed by atoms with E-state index in [1.807, 2.05) is 11.3 Å². The molecule has 13 heavy (non-hydrogen) atoms. The Morgan fingerprint density at radius 1 is 1.54 bits per heavy atom. The first kappa shape index (κ1) is 11.0. The molecule has 0 bridgehead atoms. The van der Waals surface area contributed by atoms with Crippen molar-refractivity contribution in [2.45, 2.75) is 20.8 Å². The Bertz CT molecular complexity index is 297. The Kier molecular flexibility index (Phi) is 4.20. The minimum Gasteiger partial charge on any atom is -0.141 e. The molecule has 0 unspecified atom stereocenters. The largest absolute Gasteiger partial charge is 0.141 e. The molecule has 0 saturated carbocycles. The smallest absolute Gasteiger partial charge is 0.0273 e. The van der Waals surface area contributed by atoms with E-state index in [1.165, 1.54) is 15.3 Å². The van der Waals surface area contributed by atoms with Gasteiger partial charge >= 0.3 is 0 Å². The zero-order valence-corrected chi connectivity index (χ0v) is 10.7. The second-order valence-electron chi connectivity index (χ2n) is 3.46. The minimum absolute atomic E-state index is 0.627. The molecule has 0 spiro atoms. The van der Waals surface area contributed by atoms with E-state index in [2.05, 4.69) is 54.9 Å². The highest BCUT2D eigenvalue weighted by Gasteiger charge is 2.02. The second kappa shape index (κ2) is 4.97. The fraction of sp³-hybridized carbons (Fsp3) is 0.455. The first-order valence-corrected chi connectivity index (χ1v) is 6.40. The molecule has 0 fully saturated rings. The van der Waals surface area contributed by atoms with Crippen LogP contribution >= 0.6 is 27.3 Å². The summed E-state index contributed by atoms with van der Waals surface area (Å²) in [5.41, 5.74) is 1.46. The van der Waals surface area contributed by atoms with Crippen molar-refractivity contribution in [3.8, 4) is 0 Å². The Labute approximate surface area is 92.8 Å². The number of rotatable bonds is 3. The van der Waals surface area contributed by atoms with Crippen molar-refractivity contribution in [3.05, 3.63) is 27.5 Å². The average Bonchev–Trinajstić information content (AvgIpc) is 2.46. The van der Waals surface area contributed by atoms with Crippen molar-refractivity contribution in [2.75, 3.05) is 5.33 Å². The van der Waals surface area contributed by atoms with Gasteiger partial charge in [-0.05, 0) is 31.1 Å². The molecule has 1 aromatic rings. The number of hydrogen-bond acceptors (Lipinski definition) is 1. The van der Waals surface area contributed by atoms with E-state index in [-0.39, 0.29) is 0 Å². The molecule has 0 aliphatic carbocycles. The molecule has 0 aliphatic heterocycles. The van der Waals surface area contributed by atoms with Crippen LogP contribution < -0.4 is 0 Å². The molecule has 0 nitrogen and oxygen atoms in total. The summed E-state index contributed by atoms with van der Waals surface area (Å²) in [6.07, 6.45) is 2.29. The van der Waals surface area contributed by atoms with Gasteiger partial charge in [-0.15, -0.1) is 11.3 Å². The van der Waals surface area contributed by atoms with Gasteiger partial charge in [0.2, 0.25) is 0 Å². The number of alkyl halides is 1. The summed E-state index contributed by atoms with van der Waals surface area (Å²) in [4.78, 5) is 2.74. The van der Waals surface area contributed by atoms with E-state index < -0.39 is 0 Å². The Morgan fingerprint density at radius 3 is 2.62 bits per heavy atom. The zero-order valence-electron chi connectivity index (χ0n) is 8.30. The lowest BCUT2D eigenvalue weighted by Gasteiger charge is -2.06. The summed E-state index contributed by atoms with van der Waals surface area (Å²) in [5, 5.41) is 0.974. The highest BCUT2D eigenvalue weighted by molar-refractivity contribution is 9.09. The molecular weight excluding hydrogens is 244 g/mol. The van der Waals surface area contributed by atoms with Crippen LogP contribution in [0.4, 0.5) is 0 Å². The lowest BCUT2D eigenvalue weighted by molar-refractivity contribution is 0.781. The Balaban J connectivity index is 2.84. The third kappa shape index (κ3) is 3.28. The van der Waals surface area contributed by atoms with Crippen LogP contribution in [0.1, 0.15) is 23.6 Å². The number of hydrogen-bond donors (Lipinski definition) is 0. The van der Waals surface area contributed by atoms with E-state index >= 15 is 0 Å². The number of thiophene rings is 1. The highest BCUT2D eigenvalue weighted by atomic mass is 79.9. The van der Waals surface area contributed by atoms with Gasteiger partial charge in [0.1, 0.15) is 0 Å². The van der Waals surface area contributed by atoms with Crippen LogP contribution in [0.2, 0.25) is 0 Å². The van der Waals surface area contributed by atoms with Gasteiger partial charge in [0, 0.05) is 15.1 Å². The van der Waals surface area contributed by atoms with Crippen LogP contribution in [0.15, 0.2) is 17.7 Å². The number of allylic oxidation sites excluding steroid dienone is 1. The molecule has 0 aliphatic rings. The monoisotopic (exact) mass is 258 g/mol. The molecule has 2 heteroatoms. The molecule has 0 aromatic carbocycles. The van der Waals surface area contributed by atoms with Crippen molar-refractivity contribution in [1.29, 1.82) is 0 Å². The molecule has 0 amide bonds. The summed E-state index contributed by atoms with van der Waals surface area (Å²) in [7, 11) is 0. The molecule has 0 atom stereocenters. The molecular formula is C11H15BrS. The van der Waals surface area contributed by atoms with Crippen LogP contribution in [-0.4, -0.2) is 5.33 Å². The van der Waals surface area contributed by atoms with Gasteiger partial charge in [0.15, 0.2) is 0 Å². The topological polar surface area (TPSA) is 0 Å². The van der Waals surface area contributed by atoms with Gasteiger partial charge in [-0.1, -0.05) is 35.4 Å². The van der Waals surface area contributed by atoms with Gasteiger partial charge in [0.25, 0.3) is 0 Å². The van der Waals surface area contributed by atoms with Crippen LogP contribution in [0.25, 0.3) is 6.08 Å². The maximum Gasteiger partial charge on any atom is 0.0273 e. The van der Waals surface area contributed by atoms with Crippen LogP contribution in [0.5, 0.6) is 0 Å². The summed E-state index contributed by atoms with van der Waals surface area (Å²) in [5.74, 6) is 0.627. The highest BCUT2D eigenvalue weighted by Crippen LogP contribution is 2.22. The molecule has 1 aromatic heterocycles. The summed E-state index contributed by atoms with van der Waals surface area (Å²) in [6, 6.07) is 4.35. The first-order valence-electron chi connectivity index (χ1n) is 4.46. The van der Waals surface area contributed by atoms with Crippen molar-refractivity contribution < 1.29 is 0 Å². The predicted molar refractivity (Wildman–Crippen MR) is 65.7 cm³/mol. The molecule has 0 N–H and O–H groups in total. The van der Waals surface area contributed by atoms with Crippen molar-refractivity contribution in [1.82, 2.24) is 0 Å². The molecule has 1 heterocycles. The standard InChI is InChI=1S/C11H15BrS/c1-8(2)10(7-12)6-11-5-4-9(3)13-11/h4-6,8H,7H2,1-3H3. The molecule has 1 rings (SSSR count). The first-order chi connectivity index (χ1) is 6.13. The van der Waals surface area contributed by atoms with E-state index in [4.69, 9.17) is 0 Å². The van der Waals surface area contributed by atoms with E-state index in [1.54, 1.807) is 0 Å². The fourth-order valence-electron chi connectivity index (χ4n) is 1.07. The number of aryl methyl sites for hydroxylation is 1. The van der Waals surface area contributed by atoms with Crippen molar-refractivity contribution in [2.24, 2.45) is 5.92 Å². The van der Waals surface area contributed by atoms with E-state index in [0.717, 1.165) is 5.33 Å². The normalized spacial score (nSPS) is 12.5. The summed E-state index contributed by atoms with van der Waals surface area (Å²) < 4.78 is 0.